The van der Waals surface area contributed by atoms with Crippen LogP contribution < -0.4 is 10.5 Å². The van der Waals surface area contributed by atoms with E-state index in [9.17, 15) is 4.79 Å². The number of methoxy groups -OCH3 is 1. The van der Waals surface area contributed by atoms with Crippen molar-refractivity contribution in [3.05, 3.63) is 23.8 Å². The lowest BCUT2D eigenvalue weighted by Crippen LogP contribution is -2.14. The Morgan fingerprint density at radius 1 is 1.50 bits per heavy atom. The maximum Gasteiger partial charge on any atom is 0.338 e. The first-order valence-corrected chi connectivity index (χ1v) is 5.23. The van der Waals surface area contributed by atoms with Crippen LogP contribution in [0.4, 0.5) is 5.69 Å². The predicted octanol–water partition coefficient (Wildman–Crippen LogP) is 2.23. The van der Waals surface area contributed by atoms with Crippen molar-refractivity contribution in [2.45, 2.75) is 26.4 Å². The topological polar surface area (TPSA) is 61.5 Å². The molecule has 0 fully saturated rings. The number of carbonyl (C=O) groups excluding carboxylic acids is 1. The third-order valence-electron chi connectivity index (χ3n) is 2.35. The Bertz CT molecular complexity index is 377. The average molecular weight is 223 g/mol. The van der Waals surface area contributed by atoms with E-state index in [1.54, 1.807) is 18.2 Å². The number of ether oxygens (including phenoxy) is 2. The van der Waals surface area contributed by atoms with Crippen molar-refractivity contribution in [2.24, 2.45) is 0 Å². The van der Waals surface area contributed by atoms with E-state index in [-0.39, 0.29) is 12.1 Å². The second-order valence-corrected chi connectivity index (χ2v) is 3.58. The van der Waals surface area contributed by atoms with Gasteiger partial charge in [0.1, 0.15) is 5.75 Å². The van der Waals surface area contributed by atoms with Crippen LogP contribution in [0.5, 0.6) is 5.75 Å². The molecule has 0 spiro atoms. The lowest BCUT2D eigenvalue weighted by Gasteiger charge is -2.11. The van der Waals surface area contributed by atoms with Gasteiger partial charge >= 0.3 is 5.97 Å². The summed E-state index contributed by atoms with van der Waals surface area (Å²) in [6.07, 6.45) is 0.702. The molecule has 0 unspecified atom stereocenters. The van der Waals surface area contributed by atoms with Crippen LogP contribution in [0.15, 0.2) is 18.2 Å². The summed E-state index contributed by atoms with van der Waals surface area (Å²) in [5, 5.41) is 0. The fourth-order valence-electron chi connectivity index (χ4n) is 1.20. The molecule has 1 rings (SSSR count). The highest BCUT2D eigenvalue weighted by atomic mass is 16.5. The van der Waals surface area contributed by atoms with Gasteiger partial charge in [-0.1, -0.05) is 6.92 Å². The van der Waals surface area contributed by atoms with E-state index in [0.29, 0.717) is 17.0 Å². The van der Waals surface area contributed by atoms with E-state index in [0.717, 1.165) is 6.42 Å². The Balaban J connectivity index is 2.81. The Hall–Kier alpha value is -1.71. The summed E-state index contributed by atoms with van der Waals surface area (Å²) in [5.74, 6) is 0.198. The highest BCUT2D eigenvalue weighted by Crippen LogP contribution is 2.22. The highest BCUT2D eigenvalue weighted by molar-refractivity contribution is 5.91. The first-order chi connectivity index (χ1) is 7.58. The van der Waals surface area contributed by atoms with Crippen LogP contribution in [0.1, 0.15) is 30.6 Å². The molecule has 0 amide bonds. The number of benzene rings is 1. The lowest BCUT2D eigenvalue weighted by molar-refractivity contribution is 0.0334. The second kappa shape index (κ2) is 5.39. The Morgan fingerprint density at radius 3 is 2.69 bits per heavy atom. The van der Waals surface area contributed by atoms with Crippen molar-refractivity contribution in [1.82, 2.24) is 0 Å². The van der Waals surface area contributed by atoms with Crippen molar-refractivity contribution in [2.75, 3.05) is 12.8 Å². The summed E-state index contributed by atoms with van der Waals surface area (Å²) in [7, 11) is 1.53. The minimum Gasteiger partial charge on any atom is -0.495 e. The number of anilines is 1. The summed E-state index contributed by atoms with van der Waals surface area (Å²) in [5.41, 5.74) is 6.57. The van der Waals surface area contributed by atoms with Crippen molar-refractivity contribution in [3.63, 3.8) is 0 Å². The third kappa shape index (κ3) is 2.89. The van der Waals surface area contributed by atoms with Gasteiger partial charge in [0.05, 0.1) is 24.5 Å². The number of rotatable bonds is 4. The molecule has 4 heteroatoms. The van der Waals surface area contributed by atoms with Gasteiger partial charge in [-0.15, -0.1) is 0 Å². The Labute approximate surface area is 95.3 Å². The maximum atomic E-state index is 11.6. The van der Waals surface area contributed by atoms with Crippen LogP contribution in [0, 0.1) is 0 Å². The molecule has 0 saturated carbocycles. The lowest BCUT2D eigenvalue weighted by atomic mass is 10.2. The van der Waals surface area contributed by atoms with Crippen molar-refractivity contribution in [1.29, 1.82) is 0 Å². The van der Waals surface area contributed by atoms with E-state index in [1.165, 1.54) is 7.11 Å². The number of hydrogen-bond donors (Lipinski definition) is 1. The number of carbonyl (C=O) groups is 1. The minimum atomic E-state index is -0.358. The number of nitrogen functional groups attached to an aromatic ring is 1. The van der Waals surface area contributed by atoms with E-state index in [1.807, 2.05) is 13.8 Å². The molecule has 0 aliphatic rings. The third-order valence-corrected chi connectivity index (χ3v) is 2.35. The molecule has 0 aromatic heterocycles. The highest BCUT2D eigenvalue weighted by Gasteiger charge is 2.12. The molecule has 88 valence electrons. The molecule has 1 aromatic carbocycles. The van der Waals surface area contributed by atoms with Gasteiger partial charge in [0.15, 0.2) is 0 Å². The minimum absolute atomic E-state index is 0.0872. The quantitative estimate of drug-likeness (QED) is 0.628. The first kappa shape index (κ1) is 12.4. The fraction of sp³-hybridized carbons (Fsp3) is 0.417. The second-order valence-electron chi connectivity index (χ2n) is 3.58. The SMILES string of the molecule is CC[C@@H](C)OC(=O)c1ccc(OC)c(N)c1. The van der Waals surface area contributed by atoms with E-state index in [4.69, 9.17) is 15.2 Å². The molecule has 1 aromatic rings. The molecule has 4 nitrogen and oxygen atoms in total. The zero-order valence-corrected chi connectivity index (χ0v) is 9.82. The molecule has 2 N–H and O–H groups in total. The van der Waals surface area contributed by atoms with E-state index in [2.05, 4.69) is 0 Å². The molecule has 0 bridgehead atoms. The van der Waals surface area contributed by atoms with Crippen molar-refractivity contribution < 1.29 is 14.3 Å². The summed E-state index contributed by atoms with van der Waals surface area (Å²) in [6, 6.07) is 4.85. The molecular formula is C12H17NO3. The Morgan fingerprint density at radius 2 is 2.19 bits per heavy atom. The average Bonchev–Trinajstić information content (AvgIpc) is 2.28. The van der Waals surface area contributed by atoms with Gasteiger partial charge in [0.2, 0.25) is 0 Å². The summed E-state index contributed by atoms with van der Waals surface area (Å²) >= 11 is 0. The van der Waals surface area contributed by atoms with Crippen molar-refractivity contribution >= 4 is 11.7 Å². The summed E-state index contributed by atoms with van der Waals surface area (Å²) in [4.78, 5) is 11.6. The van der Waals surface area contributed by atoms with Gasteiger partial charge < -0.3 is 15.2 Å². The van der Waals surface area contributed by atoms with Crippen LogP contribution in [0.2, 0.25) is 0 Å². The number of esters is 1. The van der Waals surface area contributed by atoms with Gasteiger partial charge in [-0.2, -0.15) is 0 Å². The van der Waals surface area contributed by atoms with Gasteiger partial charge in [-0.05, 0) is 31.5 Å². The van der Waals surface area contributed by atoms with Crippen LogP contribution in [0.25, 0.3) is 0 Å². The van der Waals surface area contributed by atoms with Gasteiger partial charge in [0.25, 0.3) is 0 Å². The maximum absolute atomic E-state index is 11.6. The normalized spacial score (nSPS) is 11.9. The summed E-state index contributed by atoms with van der Waals surface area (Å²) in [6.45, 7) is 3.81. The molecule has 0 radical (unpaired) electrons. The molecular weight excluding hydrogens is 206 g/mol. The number of hydrogen-bond acceptors (Lipinski definition) is 4. The van der Waals surface area contributed by atoms with Crippen molar-refractivity contribution in [3.8, 4) is 5.75 Å². The standard InChI is InChI=1S/C12H17NO3/c1-4-8(2)16-12(14)9-5-6-11(15-3)10(13)7-9/h5-8H,4,13H2,1-3H3/t8-/m1/s1. The fourth-order valence-corrected chi connectivity index (χ4v) is 1.20. The van der Waals surface area contributed by atoms with Crippen LogP contribution in [0.3, 0.4) is 0 Å². The largest absolute Gasteiger partial charge is 0.495 e. The van der Waals surface area contributed by atoms with Crippen LogP contribution in [-0.4, -0.2) is 19.2 Å². The van der Waals surface area contributed by atoms with Gasteiger partial charge in [-0.3, -0.25) is 0 Å². The van der Waals surface area contributed by atoms with E-state index >= 15 is 0 Å². The zero-order valence-electron chi connectivity index (χ0n) is 9.82. The van der Waals surface area contributed by atoms with E-state index < -0.39 is 0 Å². The zero-order chi connectivity index (χ0) is 12.1. The molecule has 0 heterocycles. The van der Waals surface area contributed by atoms with Crippen LogP contribution in [-0.2, 0) is 4.74 Å². The van der Waals surface area contributed by atoms with Gasteiger partial charge in [-0.25, -0.2) is 4.79 Å². The number of nitrogens with two attached hydrogens (primary N) is 1. The molecule has 16 heavy (non-hydrogen) atoms. The molecule has 0 aliphatic carbocycles. The molecule has 1 atom stereocenters. The first-order valence-electron chi connectivity index (χ1n) is 5.23. The molecule has 0 aliphatic heterocycles. The van der Waals surface area contributed by atoms with Crippen LogP contribution >= 0.6 is 0 Å². The van der Waals surface area contributed by atoms with Gasteiger partial charge in [0, 0.05) is 0 Å². The predicted molar refractivity (Wildman–Crippen MR) is 62.6 cm³/mol. The molecule has 0 saturated heterocycles. The monoisotopic (exact) mass is 223 g/mol. The Kier molecular flexibility index (Phi) is 4.17. The smallest absolute Gasteiger partial charge is 0.338 e. The summed E-state index contributed by atoms with van der Waals surface area (Å²) < 4.78 is 10.2.